The molecule has 0 N–H and O–H groups in total. The van der Waals surface area contributed by atoms with Crippen LogP contribution in [0.15, 0.2) is 133 Å². The summed E-state index contributed by atoms with van der Waals surface area (Å²) in [6.45, 7) is 1.10. The predicted molar refractivity (Wildman–Crippen MR) is 273 cm³/mol. The van der Waals surface area contributed by atoms with Crippen LogP contribution >= 0.6 is 6.83 Å². The molecule has 0 bridgehead atoms. The normalized spacial score (nSPS) is 11.9. The first kappa shape index (κ1) is 50.9. The van der Waals surface area contributed by atoms with Crippen molar-refractivity contribution in [3.8, 4) is 34.5 Å². The SMILES string of the molecule is CCCCc1cc(OC)ccc1COB(OCc1ccc(OC)cc1CCCC)OP(Cc1ccc(OC)cc1)(Cc1ccc(OC)cc1)(Cc1ccc(OC)cc1)Cc1ccc(OC)cc1. The van der Waals surface area contributed by atoms with Gasteiger partial charge in [-0.15, -0.1) is 0 Å². The number of aryl methyl sites for hydroxylation is 2. The standard InChI is InChI=1S/C56H70BO9P/c1-9-11-13-47-35-55(62-7)33-23-49(47)37-64-57(65-38-50-24-34-56(63-8)36-48(50)14-12-10-2)66-67(39-43-15-25-51(58-3)26-16-43,40-44-17-27-52(59-4)28-18-44,41-45-19-29-53(60-5)30-20-45)42-46-21-31-54(61-6)32-22-46/h15-36H,9-14,37-42H2,1-8H3. The van der Waals surface area contributed by atoms with Gasteiger partial charge in [-0.2, -0.15) is 0 Å². The molecule has 356 valence electrons. The van der Waals surface area contributed by atoms with Gasteiger partial charge >= 0.3 is 402 Å². The van der Waals surface area contributed by atoms with Crippen molar-refractivity contribution in [2.45, 2.75) is 90.2 Å². The molecule has 0 unspecified atom stereocenters. The van der Waals surface area contributed by atoms with E-state index in [2.05, 4.69) is 86.6 Å². The number of methoxy groups -OCH3 is 6. The number of unbranched alkanes of at least 4 members (excludes halogenated alkanes) is 2. The molecule has 0 aliphatic heterocycles. The van der Waals surface area contributed by atoms with E-state index in [9.17, 15) is 0 Å². The van der Waals surface area contributed by atoms with Crippen LogP contribution < -0.4 is 28.4 Å². The maximum atomic E-state index is 8.15. The Labute approximate surface area is 400 Å². The van der Waals surface area contributed by atoms with E-state index in [1.54, 1.807) is 42.7 Å². The minimum absolute atomic E-state index is 0.266. The molecule has 0 amide bonds. The second-order valence-corrected chi connectivity index (χ2v) is 22.6. The fourth-order valence-electron chi connectivity index (χ4n) is 8.86. The average Bonchev–Trinajstić information content (AvgIpc) is 3.37. The first-order valence-corrected chi connectivity index (χ1v) is 26.3. The number of hydrogen-bond acceptors (Lipinski definition) is 9. The van der Waals surface area contributed by atoms with Crippen molar-refractivity contribution >= 4 is 14.2 Å². The number of rotatable bonds is 28. The Hall–Kier alpha value is -5.51. The van der Waals surface area contributed by atoms with Crippen molar-refractivity contribution in [1.82, 2.24) is 0 Å². The van der Waals surface area contributed by atoms with E-state index >= 15 is 0 Å². The summed E-state index contributed by atoms with van der Waals surface area (Å²) in [7, 11) is 9.11. The Morgan fingerprint density at radius 3 is 0.910 bits per heavy atom. The summed E-state index contributed by atoms with van der Waals surface area (Å²) in [5.74, 6) is 4.78. The van der Waals surface area contributed by atoms with Gasteiger partial charge in [-0.25, -0.2) is 0 Å². The molecule has 6 rings (SSSR count). The van der Waals surface area contributed by atoms with E-state index in [1.165, 1.54) is 11.1 Å². The third-order valence-corrected chi connectivity index (χ3v) is 18.0. The Morgan fingerprint density at radius 2 is 0.642 bits per heavy atom. The molecule has 67 heavy (non-hydrogen) atoms. The van der Waals surface area contributed by atoms with E-state index in [4.69, 9.17) is 42.2 Å². The summed E-state index contributed by atoms with van der Waals surface area (Å²) < 4.78 is 56.5. The molecule has 0 saturated carbocycles. The zero-order valence-electron chi connectivity index (χ0n) is 40.9. The number of ether oxygens (including phenoxy) is 6. The van der Waals surface area contributed by atoms with Crippen LogP contribution in [0.5, 0.6) is 34.5 Å². The average molecular weight is 929 g/mol. The predicted octanol–water partition coefficient (Wildman–Crippen LogP) is 13.4. The van der Waals surface area contributed by atoms with Crippen LogP contribution in [-0.4, -0.2) is 50.0 Å². The van der Waals surface area contributed by atoms with Crippen LogP contribution in [0.2, 0.25) is 0 Å². The molecule has 0 aromatic heterocycles. The molecule has 0 aliphatic rings. The van der Waals surface area contributed by atoms with Crippen molar-refractivity contribution in [3.63, 3.8) is 0 Å². The third kappa shape index (κ3) is 14.3. The van der Waals surface area contributed by atoms with Crippen molar-refractivity contribution in [2.75, 3.05) is 42.7 Å². The topological polar surface area (TPSA) is 83.1 Å². The van der Waals surface area contributed by atoms with Gasteiger partial charge in [0.1, 0.15) is 0 Å². The first-order valence-electron chi connectivity index (χ1n) is 23.4. The van der Waals surface area contributed by atoms with Gasteiger partial charge < -0.3 is 0 Å². The van der Waals surface area contributed by atoms with Crippen LogP contribution in [0.25, 0.3) is 0 Å². The van der Waals surface area contributed by atoms with Gasteiger partial charge in [0, 0.05) is 0 Å². The Kier molecular flexibility index (Phi) is 19.0. The van der Waals surface area contributed by atoms with Gasteiger partial charge in [0.15, 0.2) is 0 Å². The third-order valence-electron chi connectivity index (χ3n) is 12.5. The Balaban J connectivity index is 1.59. The summed E-state index contributed by atoms with van der Waals surface area (Å²) in [5, 5.41) is 0. The van der Waals surface area contributed by atoms with Gasteiger partial charge in [-0.3, -0.25) is 0 Å². The zero-order chi connectivity index (χ0) is 47.5. The minimum atomic E-state index is -3.85. The number of hydrogen-bond donors (Lipinski definition) is 0. The summed E-state index contributed by atoms with van der Waals surface area (Å²) in [6, 6.07) is 46.0. The molecule has 6 aromatic carbocycles. The molecule has 0 atom stereocenters. The Bertz CT molecular complexity index is 2130. The molecular weight excluding hydrogens is 858 g/mol. The van der Waals surface area contributed by atoms with Gasteiger partial charge in [0.05, 0.1) is 0 Å². The summed E-state index contributed by atoms with van der Waals surface area (Å²) in [6.07, 6.45) is 8.39. The molecular formula is C56H70BO9P. The summed E-state index contributed by atoms with van der Waals surface area (Å²) in [4.78, 5) is 0. The molecule has 9 nitrogen and oxygen atoms in total. The van der Waals surface area contributed by atoms with Gasteiger partial charge in [-0.1, -0.05) is 0 Å². The summed E-state index contributed by atoms with van der Waals surface area (Å²) >= 11 is 0. The van der Waals surface area contributed by atoms with Crippen LogP contribution in [0, 0.1) is 0 Å². The molecule has 0 heterocycles. The Morgan fingerprint density at radius 1 is 0.358 bits per heavy atom. The fraction of sp³-hybridized carbons (Fsp3) is 0.357. The van der Waals surface area contributed by atoms with E-state index in [1.807, 2.05) is 60.7 Å². The van der Waals surface area contributed by atoms with Crippen LogP contribution in [0.1, 0.15) is 84.0 Å². The summed E-state index contributed by atoms with van der Waals surface area (Å²) in [5.41, 5.74) is 8.95. The molecule has 11 heteroatoms. The van der Waals surface area contributed by atoms with Crippen molar-refractivity contribution < 1.29 is 42.2 Å². The molecule has 0 saturated heterocycles. The molecule has 0 fully saturated rings. The monoisotopic (exact) mass is 928 g/mol. The van der Waals surface area contributed by atoms with Crippen LogP contribution in [0.4, 0.5) is 0 Å². The number of benzene rings is 6. The second kappa shape index (κ2) is 25.0. The van der Waals surface area contributed by atoms with E-state index < -0.39 is 14.2 Å². The fourth-order valence-corrected chi connectivity index (χ4v) is 15.0. The van der Waals surface area contributed by atoms with Gasteiger partial charge in [0.25, 0.3) is 0 Å². The second-order valence-electron chi connectivity index (χ2n) is 17.4. The molecule has 0 spiro atoms. The van der Waals surface area contributed by atoms with Crippen molar-refractivity contribution in [1.29, 1.82) is 0 Å². The zero-order valence-corrected chi connectivity index (χ0v) is 41.8. The van der Waals surface area contributed by atoms with Gasteiger partial charge in [0.2, 0.25) is 0 Å². The van der Waals surface area contributed by atoms with E-state index in [-0.39, 0.29) is 13.2 Å². The van der Waals surface area contributed by atoms with Gasteiger partial charge in [-0.05, 0) is 0 Å². The van der Waals surface area contributed by atoms with Crippen LogP contribution in [-0.2, 0) is 64.5 Å². The molecule has 6 aromatic rings. The quantitative estimate of drug-likeness (QED) is 0.0353. The molecule has 0 radical (unpaired) electrons. The van der Waals surface area contributed by atoms with E-state index in [0.717, 1.165) is 106 Å². The van der Waals surface area contributed by atoms with Crippen LogP contribution in [0.3, 0.4) is 0 Å². The van der Waals surface area contributed by atoms with E-state index in [0.29, 0.717) is 24.6 Å². The molecule has 0 aliphatic carbocycles. The first-order chi connectivity index (χ1) is 32.6. The van der Waals surface area contributed by atoms with Crippen molar-refractivity contribution in [3.05, 3.63) is 178 Å². The maximum absolute atomic E-state index is 8.15. The van der Waals surface area contributed by atoms with Crippen molar-refractivity contribution in [2.24, 2.45) is 0 Å².